The SMILES string of the molecule is C1=C(C2=COCO2)OCO1.O=C(O)c1ccccn1. The van der Waals surface area contributed by atoms with Crippen molar-refractivity contribution in [3.63, 3.8) is 0 Å². The predicted octanol–water partition coefficient (Wildman–Crippen LogP) is 1.46. The maximum Gasteiger partial charge on any atom is 0.354 e. The van der Waals surface area contributed by atoms with E-state index < -0.39 is 5.97 Å². The highest BCUT2D eigenvalue weighted by molar-refractivity contribution is 5.85. The number of ether oxygens (including phenoxy) is 4. The van der Waals surface area contributed by atoms with Gasteiger partial charge in [-0.25, -0.2) is 9.78 Å². The molecule has 2 aliphatic rings. The zero-order chi connectivity index (χ0) is 13.5. The summed E-state index contributed by atoms with van der Waals surface area (Å²) in [6, 6.07) is 4.76. The fourth-order valence-electron chi connectivity index (χ4n) is 1.23. The summed E-state index contributed by atoms with van der Waals surface area (Å²) in [5.41, 5.74) is 0.0810. The Balaban J connectivity index is 0.000000141. The quantitative estimate of drug-likeness (QED) is 0.865. The molecule has 0 aromatic carbocycles. The van der Waals surface area contributed by atoms with Crippen LogP contribution < -0.4 is 0 Å². The lowest BCUT2D eigenvalue weighted by Gasteiger charge is -1.98. The van der Waals surface area contributed by atoms with Gasteiger partial charge in [0, 0.05) is 6.20 Å². The summed E-state index contributed by atoms with van der Waals surface area (Å²) in [7, 11) is 0. The molecule has 0 atom stereocenters. The highest BCUT2D eigenvalue weighted by atomic mass is 16.7. The van der Waals surface area contributed by atoms with Crippen molar-refractivity contribution in [1.29, 1.82) is 0 Å². The molecule has 0 fully saturated rings. The fourth-order valence-corrected chi connectivity index (χ4v) is 1.23. The van der Waals surface area contributed by atoms with Crippen LogP contribution in [0.1, 0.15) is 10.5 Å². The van der Waals surface area contributed by atoms with Gasteiger partial charge in [0.1, 0.15) is 18.2 Å². The van der Waals surface area contributed by atoms with Crippen LogP contribution in [-0.2, 0) is 18.9 Å². The van der Waals surface area contributed by atoms with Crippen molar-refractivity contribution < 1.29 is 28.8 Å². The van der Waals surface area contributed by atoms with E-state index in [1.54, 1.807) is 12.1 Å². The first-order valence-electron chi connectivity index (χ1n) is 5.31. The number of carboxylic acid groups (broad SMARTS) is 1. The van der Waals surface area contributed by atoms with Crippen molar-refractivity contribution in [3.05, 3.63) is 54.1 Å². The van der Waals surface area contributed by atoms with E-state index in [0.29, 0.717) is 11.5 Å². The van der Waals surface area contributed by atoms with Crippen molar-refractivity contribution in [2.75, 3.05) is 13.6 Å². The highest BCUT2D eigenvalue weighted by Crippen LogP contribution is 2.20. The number of rotatable bonds is 2. The predicted molar refractivity (Wildman–Crippen MR) is 61.4 cm³/mol. The second-order valence-corrected chi connectivity index (χ2v) is 3.34. The maximum atomic E-state index is 10.1. The van der Waals surface area contributed by atoms with Gasteiger partial charge in [0.05, 0.1) is 0 Å². The van der Waals surface area contributed by atoms with Crippen LogP contribution in [0.4, 0.5) is 0 Å². The largest absolute Gasteiger partial charge is 0.477 e. The molecule has 0 spiro atoms. The molecular formula is C12H11NO6. The lowest BCUT2D eigenvalue weighted by atomic mass is 10.4. The number of aromatic carboxylic acids is 1. The lowest BCUT2D eigenvalue weighted by Crippen LogP contribution is -1.97. The summed E-state index contributed by atoms with van der Waals surface area (Å²) in [5, 5.41) is 8.32. The minimum absolute atomic E-state index is 0.0810. The van der Waals surface area contributed by atoms with Gasteiger partial charge >= 0.3 is 5.97 Å². The topological polar surface area (TPSA) is 87.1 Å². The molecule has 2 aliphatic heterocycles. The van der Waals surface area contributed by atoms with Crippen LogP contribution >= 0.6 is 0 Å². The number of aromatic nitrogens is 1. The summed E-state index contributed by atoms with van der Waals surface area (Å²) >= 11 is 0. The Labute approximate surface area is 108 Å². The van der Waals surface area contributed by atoms with E-state index >= 15 is 0 Å². The minimum atomic E-state index is -0.990. The Bertz CT molecular complexity index is 474. The van der Waals surface area contributed by atoms with E-state index in [0.717, 1.165) is 0 Å². The van der Waals surface area contributed by atoms with Crippen LogP contribution in [0.2, 0.25) is 0 Å². The monoisotopic (exact) mass is 265 g/mol. The molecule has 3 heterocycles. The lowest BCUT2D eigenvalue weighted by molar-refractivity contribution is 0.0559. The number of nitrogens with zero attached hydrogens (tertiary/aromatic N) is 1. The first-order chi connectivity index (χ1) is 9.27. The summed E-state index contributed by atoms with van der Waals surface area (Å²) in [6.45, 7) is 0.520. The van der Waals surface area contributed by atoms with E-state index in [1.807, 2.05) is 0 Å². The molecule has 7 heteroatoms. The molecule has 0 saturated carbocycles. The number of hydrogen-bond donors (Lipinski definition) is 1. The molecule has 100 valence electrons. The first-order valence-corrected chi connectivity index (χ1v) is 5.31. The Kier molecular flexibility index (Phi) is 4.22. The molecule has 19 heavy (non-hydrogen) atoms. The van der Waals surface area contributed by atoms with Gasteiger partial charge in [-0.15, -0.1) is 0 Å². The van der Waals surface area contributed by atoms with Crippen LogP contribution in [0.25, 0.3) is 0 Å². The molecule has 0 unspecified atom stereocenters. The summed E-state index contributed by atoms with van der Waals surface area (Å²) < 4.78 is 19.6. The Morgan fingerprint density at radius 3 is 2.05 bits per heavy atom. The van der Waals surface area contributed by atoms with Gasteiger partial charge in [-0.1, -0.05) is 6.07 Å². The summed E-state index contributed by atoms with van der Waals surface area (Å²) in [6.07, 6.45) is 4.45. The van der Waals surface area contributed by atoms with Gasteiger partial charge in [-0.05, 0) is 12.1 Å². The average Bonchev–Trinajstić information content (AvgIpc) is 3.13. The zero-order valence-electron chi connectivity index (χ0n) is 9.81. The Morgan fingerprint density at radius 2 is 1.74 bits per heavy atom. The van der Waals surface area contributed by atoms with Crippen molar-refractivity contribution in [2.45, 2.75) is 0 Å². The van der Waals surface area contributed by atoms with Gasteiger partial charge < -0.3 is 24.1 Å². The average molecular weight is 265 g/mol. The van der Waals surface area contributed by atoms with E-state index in [-0.39, 0.29) is 19.3 Å². The van der Waals surface area contributed by atoms with Gasteiger partial charge in [-0.2, -0.15) is 0 Å². The molecule has 7 nitrogen and oxygen atoms in total. The molecule has 3 rings (SSSR count). The van der Waals surface area contributed by atoms with E-state index in [4.69, 9.17) is 24.1 Å². The second-order valence-electron chi connectivity index (χ2n) is 3.34. The van der Waals surface area contributed by atoms with Crippen LogP contribution in [0.3, 0.4) is 0 Å². The molecular weight excluding hydrogens is 254 g/mol. The zero-order valence-corrected chi connectivity index (χ0v) is 9.81. The van der Waals surface area contributed by atoms with Crippen LogP contribution in [0, 0.1) is 0 Å². The third kappa shape index (κ3) is 3.63. The molecule has 1 aromatic rings. The smallest absolute Gasteiger partial charge is 0.354 e. The van der Waals surface area contributed by atoms with Crippen molar-refractivity contribution in [2.24, 2.45) is 0 Å². The van der Waals surface area contributed by atoms with E-state index in [9.17, 15) is 4.79 Å². The number of pyridine rings is 1. The Hall–Kier alpha value is -2.70. The molecule has 0 aliphatic carbocycles. The van der Waals surface area contributed by atoms with Crippen molar-refractivity contribution in [1.82, 2.24) is 4.98 Å². The molecule has 1 N–H and O–H groups in total. The minimum Gasteiger partial charge on any atom is -0.477 e. The number of carbonyl (C=O) groups is 1. The summed E-state index contributed by atoms with van der Waals surface area (Å²) in [5.74, 6) is 0.200. The number of carboxylic acids is 1. The van der Waals surface area contributed by atoms with Crippen LogP contribution in [0.15, 0.2) is 48.4 Å². The van der Waals surface area contributed by atoms with Gasteiger partial charge in [-0.3, -0.25) is 0 Å². The van der Waals surface area contributed by atoms with Crippen LogP contribution in [0.5, 0.6) is 0 Å². The van der Waals surface area contributed by atoms with E-state index in [2.05, 4.69) is 4.98 Å². The standard InChI is InChI=1S/C6H5NO2.C6H6O4/c8-6(9)5-3-1-2-4-7-5;1-5(9-3-7-1)6-2-8-4-10-6/h1-4H,(H,8,9);1-2H,3-4H2. The molecule has 0 bridgehead atoms. The van der Waals surface area contributed by atoms with Crippen molar-refractivity contribution >= 4 is 5.97 Å². The van der Waals surface area contributed by atoms with E-state index in [1.165, 1.54) is 24.8 Å². The first kappa shape index (κ1) is 12.7. The molecule has 1 aromatic heterocycles. The van der Waals surface area contributed by atoms with Gasteiger partial charge in [0.2, 0.25) is 25.1 Å². The van der Waals surface area contributed by atoms with Crippen LogP contribution in [-0.4, -0.2) is 29.6 Å². The third-order valence-corrected chi connectivity index (χ3v) is 2.07. The summed E-state index contributed by atoms with van der Waals surface area (Å²) in [4.78, 5) is 13.7. The molecule has 0 radical (unpaired) electrons. The second kappa shape index (κ2) is 6.29. The maximum absolute atomic E-state index is 10.1. The van der Waals surface area contributed by atoms with Gasteiger partial charge in [0.15, 0.2) is 0 Å². The Morgan fingerprint density at radius 1 is 1.11 bits per heavy atom. The fraction of sp³-hybridized carbons (Fsp3) is 0.167. The molecule has 0 amide bonds. The normalized spacial score (nSPS) is 15.6. The van der Waals surface area contributed by atoms with Crippen molar-refractivity contribution in [3.8, 4) is 0 Å². The molecule has 0 saturated heterocycles. The third-order valence-electron chi connectivity index (χ3n) is 2.07. The number of hydrogen-bond acceptors (Lipinski definition) is 6. The highest BCUT2D eigenvalue weighted by Gasteiger charge is 2.17. The van der Waals surface area contributed by atoms with Gasteiger partial charge in [0.25, 0.3) is 0 Å².